The van der Waals surface area contributed by atoms with Crippen LogP contribution in [0.4, 0.5) is 0 Å². The van der Waals surface area contributed by atoms with Crippen molar-refractivity contribution in [3.05, 3.63) is 47.8 Å². The molecule has 0 amide bonds. The first-order valence-corrected chi connectivity index (χ1v) is 8.58. The van der Waals surface area contributed by atoms with Gasteiger partial charge in [-0.15, -0.1) is 12.4 Å². The molecule has 0 bridgehead atoms. The van der Waals surface area contributed by atoms with E-state index in [1.165, 1.54) is 0 Å². The lowest BCUT2D eigenvalue weighted by Crippen LogP contribution is -2.44. The van der Waals surface area contributed by atoms with E-state index in [2.05, 4.69) is 27.4 Å². The molecule has 1 unspecified atom stereocenters. The quantitative estimate of drug-likeness (QED) is 0.687. The lowest BCUT2D eigenvalue weighted by Gasteiger charge is -2.30. The van der Waals surface area contributed by atoms with Crippen LogP contribution < -0.4 is 5.32 Å². The molecule has 0 saturated carbocycles. The molecule has 0 spiro atoms. The Hall–Kier alpha value is -2.48. The summed E-state index contributed by atoms with van der Waals surface area (Å²) in [7, 11) is 2.05. The first kappa shape index (κ1) is 19.3. The number of nitrogens with one attached hydrogen (secondary N) is 1. The van der Waals surface area contributed by atoms with E-state index in [-0.39, 0.29) is 24.2 Å². The second-order valence-electron chi connectivity index (χ2n) is 6.46. The Morgan fingerprint density at radius 3 is 2.63 bits per heavy atom. The van der Waals surface area contributed by atoms with Crippen LogP contribution >= 0.6 is 12.4 Å². The Morgan fingerprint density at radius 1 is 1.19 bits per heavy atom. The summed E-state index contributed by atoms with van der Waals surface area (Å²) in [5, 5.41) is 7.45. The Bertz CT molecular complexity index is 919. The van der Waals surface area contributed by atoms with Gasteiger partial charge in [0.2, 0.25) is 0 Å². The maximum atomic E-state index is 11.4. The summed E-state index contributed by atoms with van der Waals surface area (Å²) in [5.41, 5.74) is 1.56. The van der Waals surface area contributed by atoms with Crippen molar-refractivity contribution in [2.75, 3.05) is 26.7 Å². The highest BCUT2D eigenvalue weighted by Crippen LogP contribution is 2.29. The zero-order valence-corrected chi connectivity index (χ0v) is 16.0. The standard InChI is InChI=1S/C19H20N4O3.ClH/c1-12(24)13-3-5-14(6-4-13)16-7-8-17(25-16)19-21-18(22-26-19)15-11-20-9-10-23(15)2;/h3-8,15,20H,9-11H2,1-2H3;1H. The van der Waals surface area contributed by atoms with Crippen molar-refractivity contribution in [2.24, 2.45) is 0 Å². The number of carbonyl (C=O) groups is 1. The molecule has 0 aliphatic carbocycles. The molecule has 1 saturated heterocycles. The second-order valence-corrected chi connectivity index (χ2v) is 6.46. The molecule has 1 atom stereocenters. The van der Waals surface area contributed by atoms with E-state index in [0.29, 0.717) is 28.8 Å². The Balaban J connectivity index is 0.00000210. The van der Waals surface area contributed by atoms with Crippen molar-refractivity contribution in [2.45, 2.75) is 13.0 Å². The number of carbonyl (C=O) groups excluding carboxylic acids is 1. The fourth-order valence-electron chi connectivity index (χ4n) is 3.04. The van der Waals surface area contributed by atoms with Gasteiger partial charge < -0.3 is 14.3 Å². The second kappa shape index (κ2) is 8.04. The minimum absolute atomic E-state index is 0. The summed E-state index contributed by atoms with van der Waals surface area (Å²) >= 11 is 0. The molecular weight excluding hydrogens is 368 g/mol. The first-order chi connectivity index (χ1) is 12.6. The Morgan fingerprint density at radius 2 is 1.93 bits per heavy atom. The van der Waals surface area contributed by atoms with Crippen LogP contribution in [0.5, 0.6) is 0 Å². The van der Waals surface area contributed by atoms with Gasteiger partial charge in [0.05, 0.1) is 6.04 Å². The number of ketones is 1. The van der Waals surface area contributed by atoms with Crippen LogP contribution in [-0.2, 0) is 0 Å². The monoisotopic (exact) mass is 388 g/mol. The number of nitrogens with zero attached hydrogens (tertiary/aromatic N) is 3. The average Bonchev–Trinajstić information content (AvgIpc) is 3.32. The summed E-state index contributed by atoms with van der Waals surface area (Å²) in [6.45, 7) is 4.24. The number of hydrogen-bond acceptors (Lipinski definition) is 7. The summed E-state index contributed by atoms with van der Waals surface area (Å²) in [5.74, 6) is 2.27. The summed E-state index contributed by atoms with van der Waals surface area (Å²) in [6, 6.07) is 11.1. The topological polar surface area (TPSA) is 84.4 Å². The van der Waals surface area contributed by atoms with Crippen molar-refractivity contribution in [3.8, 4) is 23.0 Å². The van der Waals surface area contributed by atoms with Crippen LogP contribution in [0, 0.1) is 0 Å². The van der Waals surface area contributed by atoms with E-state index in [1.54, 1.807) is 19.1 Å². The number of Topliss-reactive ketones (excluding diaryl/α,β-unsaturated/α-hetero) is 1. The summed E-state index contributed by atoms with van der Waals surface area (Å²) in [4.78, 5) is 18.1. The van der Waals surface area contributed by atoms with E-state index < -0.39 is 0 Å². The molecule has 27 heavy (non-hydrogen) atoms. The first-order valence-electron chi connectivity index (χ1n) is 8.58. The zero-order chi connectivity index (χ0) is 18.1. The minimum Gasteiger partial charge on any atom is -0.451 e. The Kier molecular flexibility index (Phi) is 5.74. The molecule has 8 heteroatoms. The van der Waals surface area contributed by atoms with Crippen molar-refractivity contribution in [3.63, 3.8) is 0 Å². The number of rotatable bonds is 4. The normalized spacial score (nSPS) is 17.5. The lowest BCUT2D eigenvalue weighted by atomic mass is 10.1. The zero-order valence-electron chi connectivity index (χ0n) is 15.1. The van der Waals surface area contributed by atoms with E-state index in [1.807, 2.05) is 24.3 Å². The van der Waals surface area contributed by atoms with Gasteiger partial charge in [-0.25, -0.2) is 0 Å². The number of benzene rings is 1. The largest absolute Gasteiger partial charge is 0.451 e. The highest BCUT2D eigenvalue weighted by atomic mass is 35.5. The van der Waals surface area contributed by atoms with E-state index >= 15 is 0 Å². The maximum absolute atomic E-state index is 11.4. The van der Waals surface area contributed by atoms with Gasteiger partial charge in [0.15, 0.2) is 17.4 Å². The number of halogens is 1. The summed E-state index contributed by atoms with van der Waals surface area (Å²) in [6.07, 6.45) is 0. The molecule has 1 aliphatic rings. The summed E-state index contributed by atoms with van der Waals surface area (Å²) < 4.78 is 11.3. The highest BCUT2D eigenvalue weighted by molar-refractivity contribution is 5.94. The van der Waals surface area contributed by atoms with Crippen LogP contribution in [-0.4, -0.2) is 47.5 Å². The smallest absolute Gasteiger partial charge is 0.293 e. The minimum atomic E-state index is 0. The molecule has 1 N–H and O–H groups in total. The fourth-order valence-corrected chi connectivity index (χ4v) is 3.04. The average molecular weight is 389 g/mol. The van der Waals surface area contributed by atoms with Crippen LogP contribution in [0.2, 0.25) is 0 Å². The molecule has 4 rings (SSSR count). The van der Waals surface area contributed by atoms with E-state index in [9.17, 15) is 4.79 Å². The van der Waals surface area contributed by atoms with Crippen LogP contribution in [0.1, 0.15) is 29.1 Å². The van der Waals surface area contributed by atoms with Gasteiger partial charge in [0.25, 0.3) is 5.89 Å². The number of aromatic nitrogens is 2. The highest BCUT2D eigenvalue weighted by Gasteiger charge is 2.26. The van der Waals surface area contributed by atoms with E-state index in [0.717, 1.165) is 25.2 Å². The van der Waals surface area contributed by atoms with Gasteiger partial charge in [-0.3, -0.25) is 9.69 Å². The predicted molar refractivity (Wildman–Crippen MR) is 103 cm³/mol. The van der Waals surface area contributed by atoms with Gasteiger partial charge in [0.1, 0.15) is 5.76 Å². The third kappa shape index (κ3) is 3.95. The maximum Gasteiger partial charge on any atom is 0.293 e. The van der Waals surface area contributed by atoms with Crippen LogP contribution in [0.25, 0.3) is 23.0 Å². The molecule has 3 heterocycles. The number of hydrogen-bond donors (Lipinski definition) is 1. The van der Waals surface area contributed by atoms with Gasteiger partial charge >= 0.3 is 0 Å². The van der Waals surface area contributed by atoms with E-state index in [4.69, 9.17) is 8.94 Å². The van der Waals surface area contributed by atoms with Crippen molar-refractivity contribution in [1.29, 1.82) is 0 Å². The predicted octanol–water partition coefficient (Wildman–Crippen LogP) is 3.20. The SMILES string of the molecule is CC(=O)c1ccc(-c2ccc(-c3nc(C4CNCCN4C)no3)o2)cc1.Cl. The molecule has 142 valence electrons. The fraction of sp³-hybridized carbons (Fsp3) is 0.316. The molecule has 7 nitrogen and oxygen atoms in total. The number of piperazine rings is 1. The number of likely N-dealkylation sites (N-methyl/N-ethyl adjacent to an activating group) is 1. The molecule has 1 aromatic carbocycles. The van der Waals surface area contributed by atoms with Crippen LogP contribution in [0.3, 0.4) is 0 Å². The van der Waals surface area contributed by atoms with Crippen molar-refractivity contribution < 1.29 is 13.7 Å². The molecule has 0 radical (unpaired) electrons. The molecule has 2 aromatic heterocycles. The van der Waals surface area contributed by atoms with Crippen LogP contribution in [0.15, 0.2) is 45.3 Å². The van der Waals surface area contributed by atoms with Gasteiger partial charge in [0, 0.05) is 30.8 Å². The van der Waals surface area contributed by atoms with Crippen molar-refractivity contribution in [1.82, 2.24) is 20.4 Å². The lowest BCUT2D eigenvalue weighted by molar-refractivity contribution is 0.101. The number of furan rings is 1. The molecule has 3 aromatic rings. The third-order valence-electron chi connectivity index (χ3n) is 4.64. The van der Waals surface area contributed by atoms with Gasteiger partial charge in [-0.2, -0.15) is 4.98 Å². The molecule has 1 fully saturated rings. The third-order valence-corrected chi connectivity index (χ3v) is 4.64. The Labute approximate surface area is 163 Å². The molecule has 1 aliphatic heterocycles. The molecular formula is C19H21ClN4O3. The van der Waals surface area contributed by atoms with Crippen molar-refractivity contribution >= 4 is 18.2 Å². The van der Waals surface area contributed by atoms with Gasteiger partial charge in [-0.05, 0) is 26.1 Å². The van der Waals surface area contributed by atoms with Gasteiger partial charge in [-0.1, -0.05) is 29.4 Å².